The number of halogens is 1. The molecule has 0 aliphatic heterocycles. The lowest BCUT2D eigenvalue weighted by Crippen LogP contribution is -2.14. The first-order valence-corrected chi connectivity index (χ1v) is 4.03. The summed E-state index contributed by atoms with van der Waals surface area (Å²) in [6.45, 7) is 5.94. The molecule has 0 spiro atoms. The van der Waals surface area contributed by atoms with Crippen LogP contribution in [0.4, 0.5) is 4.39 Å². The minimum atomic E-state index is -1.02. The van der Waals surface area contributed by atoms with Crippen LogP contribution in [0.3, 0.4) is 0 Å². The maximum absolute atomic E-state index is 13.0. The Morgan fingerprint density at radius 3 is 2.11 bits per heavy atom. The third-order valence-electron chi connectivity index (χ3n) is 1.34. The van der Waals surface area contributed by atoms with Gasteiger partial charge >= 0.3 is 0 Å². The maximum Gasteiger partial charge on any atom is 0.123 e. The van der Waals surface area contributed by atoms with Gasteiger partial charge in [0, 0.05) is 0 Å². The molecule has 0 amide bonds. The van der Waals surface area contributed by atoms with Crippen LogP contribution in [-0.4, -0.2) is 5.41 Å². The fourth-order valence-corrected chi connectivity index (χ4v) is 1.29. The second-order valence-electron chi connectivity index (χ2n) is 2.99. The molecule has 0 aromatic carbocycles. The first-order valence-electron chi connectivity index (χ1n) is 3.45. The predicted molar refractivity (Wildman–Crippen MR) is 43.3 cm³/mol. The van der Waals surface area contributed by atoms with Gasteiger partial charge in [-0.25, -0.2) is 4.39 Å². The molecule has 0 aromatic rings. The van der Waals surface area contributed by atoms with Gasteiger partial charge in [0.05, 0.1) is 0 Å². The lowest BCUT2D eigenvalue weighted by molar-refractivity contribution is 0.234. The van der Waals surface area contributed by atoms with E-state index < -0.39 is 5.41 Å². The maximum atomic E-state index is 13.0. The summed E-state index contributed by atoms with van der Waals surface area (Å²) in [5.41, 5.74) is 0. The van der Waals surface area contributed by atoms with Crippen LogP contribution >= 0.6 is 9.24 Å². The number of rotatable bonds is 3. The third-order valence-corrected chi connectivity index (χ3v) is 1.98. The molecule has 0 fully saturated rings. The van der Waals surface area contributed by atoms with E-state index in [-0.39, 0.29) is 0 Å². The van der Waals surface area contributed by atoms with Crippen LogP contribution in [0.2, 0.25) is 0 Å². The van der Waals surface area contributed by atoms with Crippen LogP contribution < -0.4 is 0 Å². The van der Waals surface area contributed by atoms with Crippen LogP contribution in [0.25, 0.3) is 0 Å². The highest BCUT2D eigenvalue weighted by Crippen LogP contribution is 2.31. The highest BCUT2D eigenvalue weighted by atomic mass is 31.0. The molecule has 0 saturated carbocycles. The summed E-state index contributed by atoms with van der Waals surface area (Å²) < 4.78 is 13.0. The van der Waals surface area contributed by atoms with Crippen molar-refractivity contribution in [1.82, 2.24) is 0 Å². The Hall–Kier alpha value is 0.360. The molecule has 0 aliphatic carbocycles. The Labute approximate surface area is 59.4 Å². The van der Waals surface area contributed by atoms with Gasteiger partial charge in [0.2, 0.25) is 0 Å². The van der Waals surface area contributed by atoms with Gasteiger partial charge in [-0.05, 0) is 18.8 Å². The molecule has 9 heavy (non-hydrogen) atoms. The minimum absolute atomic E-state index is 0.451. The fraction of sp³-hybridized carbons (Fsp3) is 1.00. The zero-order valence-electron chi connectivity index (χ0n) is 6.45. The average molecular weight is 150 g/mol. The SMILES string of the molecule is CCC(F)(P)CC(C)C. The Kier molecular flexibility index (Phi) is 3.65. The largest absolute Gasteiger partial charge is 0.240 e. The summed E-state index contributed by atoms with van der Waals surface area (Å²) in [4.78, 5) is 0. The van der Waals surface area contributed by atoms with E-state index in [4.69, 9.17) is 0 Å². The first-order chi connectivity index (χ1) is 3.98. The summed E-state index contributed by atoms with van der Waals surface area (Å²) >= 11 is 0. The van der Waals surface area contributed by atoms with Crippen molar-refractivity contribution in [3.63, 3.8) is 0 Å². The van der Waals surface area contributed by atoms with Gasteiger partial charge in [0.25, 0.3) is 0 Å². The molecule has 0 aliphatic rings. The lowest BCUT2D eigenvalue weighted by atomic mass is 10.1. The van der Waals surface area contributed by atoms with E-state index in [0.29, 0.717) is 18.8 Å². The molecule has 0 saturated heterocycles. The quantitative estimate of drug-likeness (QED) is 0.542. The van der Waals surface area contributed by atoms with Crippen LogP contribution in [0.1, 0.15) is 33.6 Å². The van der Waals surface area contributed by atoms with Crippen LogP contribution in [0.15, 0.2) is 0 Å². The molecule has 0 nitrogen and oxygen atoms in total. The molecule has 0 aromatic heterocycles. The number of alkyl halides is 1. The second kappa shape index (κ2) is 3.51. The highest BCUT2D eigenvalue weighted by Gasteiger charge is 2.21. The van der Waals surface area contributed by atoms with Crippen LogP contribution in [-0.2, 0) is 0 Å². The average Bonchev–Trinajstić information content (AvgIpc) is 1.63. The Bertz CT molecular complexity index is 79.0. The zero-order valence-corrected chi connectivity index (χ0v) is 7.60. The predicted octanol–water partition coefficient (Wildman–Crippen LogP) is 2.98. The van der Waals surface area contributed by atoms with Crippen molar-refractivity contribution < 1.29 is 4.39 Å². The fourth-order valence-electron chi connectivity index (χ4n) is 0.823. The molecule has 0 heterocycles. The van der Waals surface area contributed by atoms with Crippen molar-refractivity contribution in [3.8, 4) is 0 Å². The third kappa shape index (κ3) is 4.84. The Morgan fingerprint density at radius 2 is 2.00 bits per heavy atom. The van der Waals surface area contributed by atoms with E-state index in [1.54, 1.807) is 0 Å². The van der Waals surface area contributed by atoms with E-state index in [9.17, 15) is 4.39 Å². The molecule has 2 unspecified atom stereocenters. The van der Waals surface area contributed by atoms with Gasteiger partial charge in [0.15, 0.2) is 0 Å². The number of hydrogen-bond donors (Lipinski definition) is 0. The van der Waals surface area contributed by atoms with Crippen LogP contribution in [0, 0.1) is 5.92 Å². The standard InChI is InChI=1S/C7H16FP/c1-4-7(8,9)5-6(2)3/h6H,4-5,9H2,1-3H3. The molecule has 56 valence electrons. The molecule has 0 rings (SSSR count). The highest BCUT2D eigenvalue weighted by molar-refractivity contribution is 7.18. The lowest BCUT2D eigenvalue weighted by Gasteiger charge is -2.19. The molecule has 0 N–H and O–H groups in total. The van der Waals surface area contributed by atoms with Crippen molar-refractivity contribution in [1.29, 1.82) is 0 Å². The zero-order chi connectivity index (χ0) is 7.49. The van der Waals surface area contributed by atoms with E-state index in [1.807, 2.05) is 20.8 Å². The summed E-state index contributed by atoms with van der Waals surface area (Å²) in [5.74, 6) is 0.451. The molecular formula is C7H16FP. The van der Waals surface area contributed by atoms with Gasteiger partial charge in [-0.3, -0.25) is 0 Å². The molecule has 2 atom stereocenters. The summed E-state index contributed by atoms with van der Waals surface area (Å²) in [6, 6.07) is 0. The van der Waals surface area contributed by atoms with E-state index in [0.717, 1.165) is 0 Å². The summed E-state index contributed by atoms with van der Waals surface area (Å²) in [7, 11) is 2.27. The minimum Gasteiger partial charge on any atom is -0.240 e. The smallest absolute Gasteiger partial charge is 0.123 e. The van der Waals surface area contributed by atoms with Crippen molar-refractivity contribution >= 4 is 9.24 Å². The molecular weight excluding hydrogens is 134 g/mol. The van der Waals surface area contributed by atoms with Gasteiger partial charge in [0.1, 0.15) is 5.41 Å². The van der Waals surface area contributed by atoms with Gasteiger partial charge < -0.3 is 0 Å². The van der Waals surface area contributed by atoms with Crippen molar-refractivity contribution in [3.05, 3.63) is 0 Å². The Morgan fingerprint density at radius 1 is 1.56 bits per heavy atom. The first kappa shape index (κ1) is 9.36. The van der Waals surface area contributed by atoms with Gasteiger partial charge in [-0.1, -0.05) is 30.0 Å². The van der Waals surface area contributed by atoms with E-state index in [1.165, 1.54) is 0 Å². The van der Waals surface area contributed by atoms with Gasteiger partial charge in [-0.2, -0.15) is 0 Å². The molecule has 2 heteroatoms. The van der Waals surface area contributed by atoms with Crippen molar-refractivity contribution in [2.75, 3.05) is 0 Å². The second-order valence-corrected chi connectivity index (χ2v) is 4.02. The summed E-state index contributed by atoms with van der Waals surface area (Å²) in [5, 5.41) is -1.02. The van der Waals surface area contributed by atoms with Crippen molar-refractivity contribution in [2.45, 2.75) is 39.0 Å². The topological polar surface area (TPSA) is 0 Å². The Balaban J connectivity index is 3.58. The van der Waals surface area contributed by atoms with Crippen molar-refractivity contribution in [2.24, 2.45) is 5.92 Å². The van der Waals surface area contributed by atoms with Crippen LogP contribution in [0.5, 0.6) is 0 Å². The normalized spacial score (nSPS) is 18.0. The van der Waals surface area contributed by atoms with Gasteiger partial charge in [-0.15, -0.1) is 0 Å². The van der Waals surface area contributed by atoms with E-state index >= 15 is 0 Å². The monoisotopic (exact) mass is 150 g/mol. The summed E-state index contributed by atoms with van der Waals surface area (Å²) in [6.07, 6.45) is 1.24. The molecule has 0 radical (unpaired) electrons. The van der Waals surface area contributed by atoms with E-state index in [2.05, 4.69) is 9.24 Å². The molecule has 0 bridgehead atoms. The number of hydrogen-bond acceptors (Lipinski definition) is 0.